The van der Waals surface area contributed by atoms with Crippen LogP contribution in [0.15, 0.2) is 42.5 Å². The van der Waals surface area contributed by atoms with Gasteiger partial charge in [-0.2, -0.15) is 23.4 Å². The summed E-state index contributed by atoms with van der Waals surface area (Å²) in [5.74, 6) is -2.23. The first-order valence-electron chi connectivity index (χ1n) is 15.0. The smallest absolute Gasteiger partial charge is 0.444 e. The Hall–Kier alpha value is -4.50. The fourth-order valence-corrected chi connectivity index (χ4v) is 6.46. The summed E-state index contributed by atoms with van der Waals surface area (Å²) in [6.45, 7) is 4.48. The zero-order valence-electron chi connectivity index (χ0n) is 25.1. The normalized spacial score (nSPS) is 20.5. The molecule has 5 heterocycles. The zero-order valence-corrected chi connectivity index (χ0v) is 25.8. The van der Waals surface area contributed by atoms with Crippen molar-refractivity contribution in [2.45, 2.75) is 44.2 Å². The van der Waals surface area contributed by atoms with Crippen LogP contribution in [0.3, 0.4) is 0 Å². The van der Waals surface area contributed by atoms with E-state index in [0.717, 1.165) is 18.4 Å². The van der Waals surface area contributed by atoms with Gasteiger partial charge in [-0.15, -0.1) is 5.10 Å². The van der Waals surface area contributed by atoms with Crippen LogP contribution < -0.4 is 19.7 Å². The molecule has 2 N–H and O–H groups in total. The second kappa shape index (κ2) is 11.9. The van der Waals surface area contributed by atoms with Crippen LogP contribution in [0.5, 0.6) is 11.5 Å². The lowest BCUT2D eigenvalue weighted by Crippen LogP contribution is -2.48. The number of likely N-dealkylation sites (tertiary alicyclic amines) is 1. The Kier molecular flexibility index (Phi) is 7.91. The van der Waals surface area contributed by atoms with E-state index in [1.54, 1.807) is 31.2 Å². The van der Waals surface area contributed by atoms with E-state index in [4.69, 9.17) is 21.1 Å². The Labute approximate surface area is 271 Å². The Morgan fingerprint density at radius 1 is 1.09 bits per heavy atom. The maximum atomic E-state index is 14.8. The van der Waals surface area contributed by atoms with Crippen molar-refractivity contribution in [1.82, 2.24) is 35.6 Å². The third kappa shape index (κ3) is 6.16. The van der Waals surface area contributed by atoms with E-state index in [0.29, 0.717) is 55.6 Å². The molecule has 47 heavy (non-hydrogen) atoms. The minimum atomic E-state index is -4.69. The van der Waals surface area contributed by atoms with Crippen LogP contribution in [-0.4, -0.2) is 68.9 Å². The monoisotopic (exact) mass is 672 g/mol. The van der Waals surface area contributed by atoms with E-state index >= 15 is 0 Å². The fraction of sp³-hybridized carbons (Fsp3) is 0.387. The molecule has 2 aromatic carbocycles. The molecule has 2 saturated heterocycles. The predicted octanol–water partition coefficient (Wildman–Crippen LogP) is 5.03. The number of carbonyl (C=O) groups is 1. The number of H-pyrrole nitrogens is 1. The summed E-state index contributed by atoms with van der Waals surface area (Å²) in [7, 11) is 0. The highest BCUT2D eigenvalue weighted by molar-refractivity contribution is 6.30. The summed E-state index contributed by atoms with van der Waals surface area (Å²) >= 11 is 5.96. The first-order valence-corrected chi connectivity index (χ1v) is 15.4. The number of piperidine rings is 1. The van der Waals surface area contributed by atoms with Gasteiger partial charge in [0.15, 0.2) is 11.5 Å². The third-order valence-electron chi connectivity index (χ3n) is 8.64. The first-order chi connectivity index (χ1) is 22.5. The Morgan fingerprint density at radius 3 is 2.62 bits per heavy atom. The topological polar surface area (TPSA) is 121 Å². The summed E-state index contributed by atoms with van der Waals surface area (Å²) in [6, 6.07) is 11.7. The molecule has 1 amide bonds. The maximum absolute atomic E-state index is 14.8. The van der Waals surface area contributed by atoms with Crippen LogP contribution >= 0.6 is 11.6 Å². The minimum Gasteiger partial charge on any atom is -0.444 e. The van der Waals surface area contributed by atoms with Crippen LogP contribution in [0.1, 0.15) is 48.3 Å². The number of ether oxygens (including phenoxy) is 2. The van der Waals surface area contributed by atoms with Crippen molar-refractivity contribution in [3.8, 4) is 23.0 Å². The summed E-state index contributed by atoms with van der Waals surface area (Å²) in [6.07, 6.45) is -3.11. The maximum Gasteiger partial charge on any atom is 0.451 e. The Bertz CT molecular complexity index is 1830. The molecule has 7 rings (SSSR count). The van der Waals surface area contributed by atoms with Crippen molar-refractivity contribution < 1.29 is 31.8 Å². The van der Waals surface area contributed by atoms with E-state index in [1.165, 1.54) is 6.07 Å². The largest absolute Gasteiger partial charge is 0.451 e. The van der Waals surface area contributed by atoms with Gasteiger partial charge < -0.3 is 19.7 Å². The summed E-state index contributed by atoms with van der Waals surface area (Å²) in [5, 5.41) is 17.2. The summed E-state index contributed by atoms with van der Waals surface area (Å²) < 4.78 is 66.7. The number of amides is 1. The molecule has 1 atom stereocenters. The molecule has 0 saturated carbocycles. The van der Waals surface area contributed by atoms with Crippen molar-refractivity contribution in [3.63, 3.8) is 0 Å². The number of nitrogens with zero attached hydrogens (tertiary/aromatic N) is 6. The molecular formula is C31H29ClF4N8O3. The molecule has 2 fully saturated rings. The highest BCUT2D eigenvalue weighted by Gasteiger charge is 2.43. The quantitative estimate of drug-likeness (QED) is 0.272. The number of alkyl halides is 3. The number of nitrogens with one attached hydrogen (secondary N) is 2. The second-order valence-electron chi connectivity index (χ2n) is 11.8. The van der Waals surface area contributed by atoms with Gasteiger partial charge in [-0.05, 0) is 62.2 Å². The number of para-hydroxylation sites is 1. The van der Waals surface area contributed by atoms with Gasteiger partial charge in [0.1, 0.15) is 17.2 Å². The van der Waals surface area contributed by atoms with E-state index in [1.807, 2.05) is 22.1 Å². The number of hydrogen-bond donors (Lipinski definition) is 2. The van der Waals surface area contributed by atoms with Crippen molar-refractivity contribution in [1.29, 1.82) is 0 Å². The molecule has 3 aliphatic heterocycles. The molecular weight excluding hydrogens is 644 g/mol. The average Bonchev–Trinajstić information content (AvgIpc) is 3.67. The van der Waals surface area contributed by atoms with E-state index < -0.39 is 23.6 Å². The van der Waals surface area contributed by atoms with Gasteiger partial charge in [0.2, 0.25) is 17.6 Å². The molecule has 3 aliphatic rings. The number of benzene rings is 2. The lowest BCUT2D eigenvalue weighted by Gasteiger charge is -2.34. The number of anilines is 1. The SMILES string of the molecule is C[C@]1(c2ccc(Cl)cc2F)Oc2cccc(C3CCN(Cc4nnc(-c5n[nH]c(C(F)(F)F)n5)cc4N4CCNC(=O)C4)CC3)c2O1. The number of aromatic amines is 1. The van der Waals surface area contributed by atoms with Gasteiger partial charge in [-0.3, -0.25) is 14.8 Å². The predicted molar refractivity (Wildman–Crippen MR) is 161 cm³/mol. The third-order valence-corrected chi connectivity index (χ3v) is 8.88. The number of piperazine rings is 1. The average molecular weight is 673 g/mol. The van der Waals surface area contributed by atoms with Gasteiger partial charge in [0.05, 0.1) is 17.8 Å². The molecule has 2 aromatic heterocycles. The van der Waals surface area contributed by atoms with Gasteiger partial charge in [-0.25, -0.2) is 9.37 Å². The van der Waals surface area contributed by atoms with Crippen LogP contribution in [0.2, 0.25) is 5.02 Å². The Balaban J connectivity index is 1.08. The van der Waals surface area contributed by atoms with Crippen LogP contribution in [0.4, 0.5) is 23.2 Å². The first kappa shape index (κ1) is 31.1. The molecule has 4 aromatic rings. The molecule has 0 aliphatic carbocycles. The van der Waals surface area contributed by atoms with E-state index in [-0.39, 0.29) is 40.5 Å². The second-order valence-corrected chi connectivity index (χ2v) is 12.3. The van der Waals surface area contributed by atoms with Gasteiger partial charge in [0.25, 0.3) is 5.79 Å². The van der Waals surface area contributed by atoms with Gasteiger partial charge >= 0.3 is 6.18 Å². The summed E-state index contributed by atoms with van der Waals surface area (Å²) in [4.78, 5) is 19.8. The van der Waals surface area contributed by atoms with Crippen molar-refractivity contribution >= 4 is 23.2 Å². The van der Waals surface area contributed by atoms with Crippen LogP contribution in [0, 0.1) is 5.82 Å². The minimum absolute atomic E-state index is 0.0609. The lowest BCUT2D eigenvalue weighted by molar-refractivity contribution is -0.144. The Morgan fingerprint density at radius 2 is 1.89 bits per heavy atom. The molecule has 0 bridgehead atoms. The highest BCUT2D eigenvalue weighted by atomic mass is 35.5. The van der Waals surface area contributed by atoms with Crippen molar-refractivity contribution in [2.75, 3.05) is 37.6 Å². The van der Waals surface area contributed by atoms with Crippen molar-refractivity contribution in [3.05, 3.63) is 75.9 Å². The van der Waals surface area contributed by atoms with Crippen LogP contribution in [0.25, 0.3) is 11.5 Å². The number of halogens is 5. The standard InChI is InChI=1S/C31H29ClF4N8O3/c1-30(20-6-5-18(32)13-21(20)33)46-25-4-2-3-19(27(25)47-30)17-7-10-43(11-8-17)15-23-24(44-12-9-37-26(45)16-44)14-22(39-40-23)28-38-29(42-41-28)31(34,35)36/h2-6,13-14,17H,7-12,15-16H2,1H3,(H,37,45)(H,38,41,42)/t30-/m0/s1. The molecule has 11 nitrogen and oxygen atoms in total. The lowest BCUT2D eigenvalue weighted by atomic mass is 9.88. The van der Waals surface area contributed by atoms with Gasteiger partial charge in [0, 0.05) is 37.1 Å². The number of fused-ring (bicyclic) bond motifs is 1. The molecule has 0 spiro atoms. The zero-order chi connectivity index (χ0) is 32.9. The number of carbonyl (C=O) groups excluding carboxylic acids is 1. The molecule has 16 heteroatoms. The summed E-state index contributed by atoms with van der Waals surface area (Å²) in [5.41, 5.74) is 2.47. The molecule has 0 unspecified atom stereocenters. The number of rotatable bonds is 6. The molecule has 0 radical (unpaired) electrons. The number of aromatic nitrogens is 5. The van der Waals surface area contributed by atoms with Crippen molar-refractivity contribution in [2.24, 2.45) is 0 Å². The van der Waals surface area contributed by atoms with E-state index in [2.05, 4.69) is 30.5 Å². The van der Waals surface area contributed by atoms with E-state index in [9.17, 15) is 22.4 Å². The number of hydrogen-bond acceptors (Lipinski definition) is 9. The van der Waals surface area contributed by atoms with Crippen LogP contribution in [-0.2, 0) is 23.3 Å². The van der Waals surface area contributed by atoms with Gasteiger partial charge in [-0.1, -0.05) is 23.7 Å². The highest BCUT2D eigenvalue weighted by Crippen LogP contribution is 2.50. The fourth-order valence-electron chi connectivity index (χ4n) is 6.30. The molecule has 246 valence electrons.